The molecule has 0 aromatic carbocycles. The van der Waals surface area contributed by atoms with Crippen LogP contribution in [0.3, 0.4) is 0 Å². The summed E-state index contributed by atoms with van der Waals surface area (Å²) in [5, 5.41) is 12.1. The van der Waals surface area contributed by atoms with E-state index in [9.17, 15) is 4.79 Å². The summed E-state index contributed by atoms with van der Waals surface area (Å²) in [7, 11) is 0. The highest BCUT2D eigenvalue weighted by atomic mass is 16.4. The van der Waals surface area contributed by atoms with Gasteiger partial charge in [-0.05, 0) is 50.8 Å². The number of aromatic nitrogens is 1. The highest BCUT2D eigenvalue weighted by Gasteiger charge is 2.04. The SMILES string of the molecule is O=C(O)c1ccc(CNCCC2=CCCCC2)nc1. The molecule has 1 aliphatic carbocycles. The van der Waals surface area contributed by atoms with Crippen LogP contribution in [0, 0.1) is 0 Å². The predicted molar refractivity (Wildman–Crippen MR) is 74.1 cm³/mol. The van der Waals surface area contributed by atoms with Crippen LogP contribution in [-0.4, -0.2) is 22.6 Å². The molecule has 0 unspecified atom stereocenters. The number of aromatic carboxylic acids is 1. The molecule has 0 saturated heterocycles. The Morgan fingerprint density at radius 2 is 2.26 bits per heavy atom. The van der Waals surface area contributed by atoms with Crippen molar-refractivity contribution in [1.29, 1.82) is 0 Å². The smallest absolute Gasteiger partial charge is 0.337 e. The number of carboxylic acid groups (broad SMARTS) is 1. The Morgan fingerprint density at radius 3 is 2.89 bits per heavy atom. The van der Waals surface area contributed by atoms with Crippen LogP contribution in [0.2, 0.25) is 0 Å². The fraction of sp³-hybridized carbons (Fsp3) is 0.467. The molecule has 0 fully saturated rings. The number of hydrogen-bond acceptors (Lipinski definition) is 3. The molecule has 2 rings (SSSR count). The van der Waals surface area contributed by atoms with Gasteiger partial charge in [-0.25, -0.2) is 4.79 Å². The first-order valence-corrected chi connectivity index (χ1v) is 6.82. The fourth-order valence-corrected chi connectivity index (χ4v) is 2.25. The minimum atomic E-state index is -0.934. The first-order chi connectivity index (χ1) is 9.25. The van der Waals surface area contributed by atoms with E-state index in [1.54, 1.807) is 17.7 Å². The number of hydrogen-bond donors (Lipinski definition) is 2. The van der Waals surface area contributed by atoms with Gasteiger partial charge in [0.25, 0.3) is 0 Å². The Balaban J connectivity index is 1.70. The molecule has 0 bridgehead atoms. The molecule has 0 spiro atoms. The zero-order valence-electron chi connectivity index (χ0n) is 11.1. The lowest BCUT2D eigenvalue weighted by molar-refractivity contribution is 0.0696. The predicted octanol–water partition coefficient (Wildman–Crippen LogP) is 2.76. The fourth-order valence-electron chi connectivity index (χ4n) is 2.25. The summed E-state index contributed by atoms with van der Waals surface area (Å²) in [5.74, 6) is -0.934. The quantitative estimate of drug-likeness (QED) is 0.610. The normalized spacial score (nSPS) is 15.1. The van der Waals surface area contributed by atoms with Gasteiger partial charge in [0.05, 0.1) is 11.3 Å². The molecule has 1 aromatic heterocycles. The Hall–Kier alpha value is -1.68. The summed E-state index contributed by atoms with van der Waals surface area (Å²) in [6, 6.07) is 3.35. The molecule has 4 nitrogen and oxygen atoms in total. The number of nitrogens with zero attached hydrogens (tertiary/aromatic N) is 1. The van der Waals surface area contributed by atoms with Crippen LogP contribution in [0.1, 0.15) is 48.2 Å². The molecular formula is C15H20N2O2. The number of carbonyl (C=O) groups is 1. The maximum Gasteiger partial charge on any atom is 0.337 e. The molecule has 1 heterocycles. The minimum Gasteiger partial charge on any atom is -0.478 e. The summed E-state index contributed by atoms with van der Waals surface area (Å²) in [4.78, 5) is 14.8. The molecule has 0 amide bonds. The van der Waals surface area contributed by atoms with E-state index >= 15 is 0 Å². The number of allylic oxidation sites excluding steroid dienone is 1. The van der Waals surface area contributed by atoms with Crippen molar-refractivity contribution in [2.45, 2.75) is 38.6 Å². The molecule has 0 radical (unpaired) electrons. The maximum atomic E-state index is 10.7. The molecule has 4 heteroatoms. The second-order valence-corrected chi connectivity index (χ2v) is 4.88. The molecule has 0 aliphatic heterocycles. The Kier molecular flexibility index (Phi) is 5.10. The highest BCUT2D eigenvalue weighted by Crippen LogP contribution is 2.19. The Morgan fingerprint density at radius 1 is 1.37 bits per heavy atom. The number of nitrogens with one attached hydrogen (secondary N) is 1. The molecule has 2 N–H and O–H groups in total. The standard InChI is InChI=1S/C15H20N2O2/c18-15(19)13-6-7-14(17-10-13)11-16-9-8-12-4-2-1-3-5-12/h4,6-7,10,16H,1-3,5,8-9,11H2,(H,18,19). The highest BCUT2D eigenvalue weighted by molar-refractivity contribution is 5.87. The van der Waals surface area contributed by atoms with E-state index < -0.39 is 5.97 Å². The van der Waals surface area contributed by atoms with Gasteiger partial charge in [0, 0.05) is 12.7 Å². The zero-order valence-corrected chi connectivity index (χ0v) is 11.1. The first-order valence-electron chi connectivity index (χ1n) is 6.82. The lowest BCUT2D eigenvalue weighted by Crippen LogP contribution is -2.16. The third kappa shape index (κ3) is 4.48. The monoisotopic (exact) mass is 260 g/mol. The van der Waals surface area contributed by atoms with Crippen LogP contribution in [0.4, 0.5) is 0 Å². The lowest BCUT2D eigenvalue weighted by Gasteiger charge is -2.12. The average molecular weight is 260 g/mol. The van der Waals surface area contributed by atoms with Crippen LogP contribution in [0.15, 0.2) is 30.0 Å². The molecule has 0 saturated carbocycles. The number of pyridine rings is 1. The van der Waals surface area contributed by atoms with Crippen molar-refractivity contribution in [2.24, 2.45) is 0 Å². The van der Waals surface area contributed by atoms with Gasteiger partial charge in [-0.3, -0.25) is 4.98 Å². The van der Waals surface area contributed by atoms with Crippen molar-refractivity contribution in [1.82, 2.24) is 10.3 Å². The summed E-state index contributed by atoms with van der Waals surface area (Å²) < 4.78 is 0. The van der Waals surface area contributed by atoms with Crippen molar-refractivity contribution in [3.63, 3.8) is 0 Å². The zero-order chi connectivity index (χ0) is 13.5. The van der Waals surface area contributed by atoms with Crippen molar-refractivity contribution in [2.75, 3.05) is 6.54 Å². The van der Waals surface area contributed by atoms with E-state index in [1.807, 2.05) is 0 Å². The van der Waals surface area contributed by atoms with Crippen molar-refractivity contribution in [3.05, 3.63) is 41.2 Å². The average Bonchev–Trinajstić information content (AvgIpc) is 2.45. The van der Waals surface area contributed by atoms with E-state index in [0.29, 0.717) is 6.54 Å². The van der Waals surface area contributed by atoms with Gasteiger partial charge in [-0.1, -0.05) is 11.6 Å². The maximum absolute atomic E-state index is 10.7. The molecule has 19 heavy (non-hydrogen) atoms. The number of carboxylic acids is 1. The largest absolute Gasteiger partial charge is 0.478 e. The van der Waals surface area contributed by atoms with Crippen molar-refractivity contribution in [3.8, 4) is 0 Å². The second-order valence-electron chi connectivity index (χ2n) is 4.88. The van der Waals surface area contributed by atoms with Crippen LogP contribution >= 0.6 is 0 Å². The first kappa shape index (κ1) is 13.7. The van der Waals surface area contributed by atoms with Gasteiger partial charge < -0.3 is 10.4 Å². The van der Waals surface area contributed by atoms with Crippen molar-refractivity contribution >= 4 is 5.97 Å². The Bertz CT molecular complexity index is 452. The van der Waals surface area contributed by atoms with Gasteiger partial charge >= 0.3 is 5.97 Å². The van der Waals surface area contributed by atoms with Gasteiger partial charge in [0.1, 0.15) is 0 Å². The topological polar surface area (TPSA) is 62.2 Å². The van der Waals surface area contributed by atoms with E-state index in [0.717, 1.165) is 18.7 Å². The summed E-state index contributed by atoms with van der Waals surface area (Å²) in [6.45, 7) is 1.64. The van der Waals surface area contributed by atoms with Crippen LogP contribution in [0.25, 0.3) is 0 Å². The molecular weight excluding hydrogens is 240 g/mol. The molecule has 102 valence electrons. The minimum absolute atomic E-state index is 0.233. The van der Waals surface area contributed by atoms with E-state index in [4.69, 9.17) is 5.11 Å². The summed E-state index contributed by atoms with van der Waals surface area (Å²) >= 11 is 0. The molecule has 1 aliphatic rings. The van der Waals surface area contributed by atoms with E-state index in [-0.39, 0.29) is 5.56 Å². The van der Waals surface area contributed by atoms with Crippen molar-refractivity contribution < 1.29 is 9.90 Å². The second kappa shape index (κ2) is 7.04. The third-order valence-electron chi connectivity index (χ3n) is 3.39. The molecule has 0 atom stereocenters. The van der Waals surface area contributed by atoms with Crippen LogP contribution in [-0.2, 0) is 6.54 Å². The third-order valence-corrected chi connectivity index (χ3v) is 3.39. The summed E-state index contributed by atoms with van der Waals surface area (Å²) in [6.07, 6.45) is 10.0. The number of rotatable bonds is 6. The van der Waals surface area contributed by atoms with Gasteiger partial charge in [-0.15, -0.1) is 0 Å². The van der Waals surface area contributed by atoms with E-state index in [1.165, 1.54) is 31.9 Å². The van der Waals surface area contributed by atoms with Gasteiger partial charge in [0.15, 0.2) is 0 Å². The van der Waals surface area contributed by atoms with Gasteiger partial charge in [0.2, 0.25) is 0 Å². The van der Waals surface area contributed by atoms with Crippen LogP contribution in [0.5, 0.6) is 0 Å². The van der Waals surface area contributed by atoms with Crippen LogP contribution < -0.4 is 5.32 Å². The lowest BCUT2D eigenvalue weighted by atomic mass is 9.97. The molecule has 1 aromatic rings. The summed E-state index contributed by atoms with van der Waals surface area (Å²) in [5.41, 5.74) is 2.67. The van der Waals surface area contributed by atoms with Gasteiger partial charge in [-0.2, -0.15) is 0 Å². The van der Waals surface area contributed by atoms with E-state index in [2.05, 4.69) is 16.4 Å². The Labute approximate surface area is 113 Å².